The molecule has 1 heterocycles. The van der Waals surface area contributed by atoms with E-state index in [4.69, 9.17) is 4.42 Å². The molecule has 26 heavy (non-hydrogen) atoms. The van der Waals surface area contributed by atoms with Crippen LogP contribution in [0.2, 0.25) is 0 Å². The molecule has 0 unspecified atom stereocenters. The number of hydrogen-bond donors (Lipinski definition) is 1. The van der Waals surface area contributed by atoms with E-state index in [9.17, 15) is 4.79 Å². The Labute approximate surface area is 157 Å². The van der Waals surface area contributed by atoms with E-state index < -0.39 is 0 Å². The molecule has 3 aromatic rings. The molecule has 6 heteroatoms. The third kappa shape index (κ3) is 4.14. The van der Waals surface area contributed by atoms with E-state index in [2.05, 4.69) is 15.5 Å². The molecule has 0 aliphatic heterocycles. The summed E-state index contributed by atoms with van der Waals surface area (Å²) >= 11 is 1.25. The van der Waals surface area contributed by atoms with Gasteiger partial charge in [0.1, 0.15) is 0 Å². The van der Waals surface area contributed by atoms with Gasteiger partial charge in [-0.05, 0) is 51.0 Å². The first kappa shape index (κ1) is 18.2. The molecular formula is C20H21N3O2S. The van der Waals surface area contributed by atoms with Crippen LogP contribution in [0.4, 0.5) is 5.69 Å². The van der Waals surface area contributed by atoms with Crippen molar-refractivity contribution >= 4 is 23.4 Å². The molecule has 0 spiro atoms. The summed E-state index contributed by atoms with van der Waals surface area (Å²) in [4.78, 5) is 12.5. The summed E-state index contributed by atoms with van der Waals surface area (Å²) in [6, 6.07) is 13.8. The molecule has 0 saturated heterocycles. The van der Waals surface area contributed by atoms with E-state index in [1.54, 1.807) is 0 Å². The second kappa shape index (κ2) is 7.74. The van der Waals surface area contributed by atoms with E-state index in [1.807, 2.05) is 70.2 Å². The number of hydrogen-bond acceptors (Lipinski definition) is 5. The van der Waals surface area contributed by atoms with Crippen LogP contribution in [0.5, 0.6) is 0 Å². The normalized spacial score (nSPS) is 12.0. The lowest BCUT2D eigenvalue weighted by Gasteiger charge is -2.14. The van der Waals surface area contributed by atoms with Gasteiger partial charge in [-0.15, -0.1) is 10.2 Å². The van der Waals surface area contributed by atoms with Crippen molar-refractivity contribution < 1.29 is 9.21 Å². The van der Waals surface area contributed by atoms with E-state index in [0.717, 1.165) is 22.4 Å². The largest absolute Gasteiger partial charge is 0.411 e. The number of carbonyl (C=O) groups is 1. The monoisotopic (exact) mass is 367 g/mol. The van der Waals surface area contributed by atoms with Crippen molar-refractivity contribution in [1.82, 2.24) is 10.2 Å². The van der Waals surface area contributed by atoms with Gasteiger partial charge in [-0.2, -0.15) is 0 Å². The van der Waals surface area contributed by atoms with Crippen molar-refractivity contribution in [3.8, 4) is 11.5 Å². The van der Waals surface area contributed by atoms with E-state index >= 15 is 0 Å². The molecule has 2 aromatic carbocycles. The zero-order valence-corrected chi connectivity index (χ0v) is 16.1. The number of nitrogens with zero attached hydrogens (tertiary/aromatic N) is 2. The number of nitrogens with one attached hydrogen (secondary N) is 1. The summed E-state index contributed by atoms with van der Waals surface area (Å²) in [6.07, 6.45) is 0. The van der Waals surface area contributed by atoms with Crippen molar-refractivity contribution in [1.29, 1.82) is 0 Å². The van der Waals surface area contributed by atoms with Crippen LogP contribution in [0.25, 0.3) is 11.5 Å². The van der Waals surface area contributed by atoms with Crippen LogP contribution in [0.1, 0.15) is 23.6 Å². The Kier molecular flexibility index (Phi) is 5.42. The molecule has 0 saturated carbocycles. The third-order valence-corrected chi connectivity index (χ3v) is 5.02. The van der Waals surface area contributed by atoms with Crippen molar-refractivity contribution in [3.05, 3.63) is 59.2 Å². The molecule has 134 valence electrons. The number of benzene rings is 2. The maximum atomic E-state index is 12.5. The van der Waals surface area contributed by atoms with Gasteiger partial charge in [0.05, 0.1) is 5.25 Å². The third-order valence-electron chi connectivity index (χ3n) is 4.08. The number of para-hydroxylation sites is 1. The predicted molar refractivity (Wildman–Crippen MR) is 104 cm³/mol. The Morgan fingerprint density at radius 2 is 1.69 bits per heavy atom. The molecule has 3 rings (SSSR count). The number of rotatable bonds is 5. The summed E-state index contributed by atoms with van der Waals surface area (Å²) < 4.78 is 5.69. The Morgan fingerprint density at radius 1 is 1.04 bits per heavy atom. The van der Waals surface area contributed by atoms with Crippen LogP contribution in [0.3, 0.4) is 0 Å². The van der Waals surface area contributed by atoms with Gasteiger partial charge >= 0.3 is 0 Å². The lowest BCUT2D eigenvalue weighted by molar-refractivity contribution is -0.115. The van der Waals surface area contributed by atoms with Gasteiger partial charge in [0.2, 0.25) is 11.8 Å². The van der Waals surface area contributed by atoms with Crippen LogP contribution in [-0.4, -0.2) is 21.4 Å². The molecule has 0 radical (unpaired) electrons. The minimum Gasteiger partial charge on any atom is -0.411 e. The number of thioether (sulfide) groups is 1. The SMILES string of the molecule is Cc1ccc(-c2nnc(S[C@H](C)C(=O)Nc3c(C)cccc3C)o2)cc1. The van der Waals surface area contributed by atoms with Crippen LogP contribution in [0.15, 0.2) is 52.1 Å². The molecule has 0 fully saturated rings. The molecule has 1 amide bonds. The fraction of sp³-hybridized carbons (Fsp3) is 0.250. The maximum Gasteiger partial charge on any atom is 0.277 e. The van der Waals surface area contributed by atoms with Gasteiger partial charge in [0.15, 0.2) is 0 Å². The first-order valence-corrected chi connectivity index (χ1v) is 9.26. The van der Waals surface area contributed by atoms with Crippen LogP contribution >= 0.6 is 11.8 Å². The maximum absolute atomic E-state index is 12.5. The molecule has 0 bridgehead atoms. The Hall–Kier alpha value is -2.60. The minimum atomic E-state index is -0.361. The quantitative estimate of drug-likeness (QED) is 0.657. The average molecular weight is 367 g/mol. The first-order chi connectivity index (χ1) is 12.4. The molecule has 1 N–H and O–H groups in total. The minimum absolute atomic E-state index is 0.0949. The fourth-order valence-corrected chi connectivity index (χ4v) is 3.19. The number of amides is 1. The Bertz CT molecular complexity index is 899. The molecule has 0 aliphatic rings. The molecule has 1 aromatic heterocycles. The summed E-state index contributed by atoms with van der Waals surface area (Å²) in [7, 11) is 0. The molecule has 5 nitrogen and oxygen atoms in total. The standard InChI is InChI=1S/C20H21N3O2S/c1-12-8-10-16(11-9-12)19-22-23-20(25-19)26-15(4)18(24)21-17-13(2)6-5-7-14(17)3/h5-11,15H,1-4H3,(H,21,24)/t15-/m1/s1. The topological polar surface area (TPSA) is 68.0 Å². The van der Waals surface area contributed by atoms with Gasteiger partial charge in [-0.3, -0.25) is 4.79 Å². The molecule has 1 atom stereocenters. The second-order valence-electron chi connectivity index (χ2n) is 6.26. The molecule has 0 aliphatic carbocycles. The van der Waals surface area contributed by atoms with Crippen molar-refractivity contribution in [2.75, 3.05) is 5.32 Å². The molecular weight excluding hydrogens is 346 g/mol. The lowest BCUT2D eigenvalue weighted by atomic mass is 10.1. The van der Waals surface area contributed by atoms with Gasteiger partial charge < -0.3 is 9.73 Å². The zero-order valence-electron chi connectivity index (χ0n) is 15.2. The number of aryl methyl sites for hydroxylation is 3. The van der Waals surface area contributed by atoms with E-state index in [-0.39, 0.29) is 11.2 Å². The van der Waals surface area contributed by atoms with Gasteiger partial charge in [0.25, 0.3) is 5.22 Å². The van der Waals surface area contributed by atoms with Crippen molar-refractivity contribution in [2.45, 2.75) is 38.2 Å². The van der Waals surface area contributed by atoms with Gasteiger partial charge in [0, 0.05) is 11.3 Å². The van der Waals surface area contributed by atoms with Crippen molar-refractivity contribution in [3.63, 3.8) is 0 Å². The number of aromatic nitrogens is 2. The summed E-state index contributed by atoms with van der Waals surface area (Å²) in [6.45, 7) is 7.80. The summed E-state index contributed by atoms with van der Waals surface area (Å²) in [5.41, 5.74) is 4.96. The van der Waals surface area contributed by atoms with E-state index in [0.29, 0.717) is 11.1 Å². The zero-order chi connectivity index (χ0) is 18.7. The van der Waals surface area contributed by atoms with Gasteiger partial charge in [-0.25, -0.2) is 0 Å². The highest BCUT2D eigenvalue weighted by Crippen LogP contribution is 2.27. The smallest absolute Gasteiger partial charge is 0.277 e. The summed E-state index contributed by atoms with van der Waals surface area (Å²) in [5, 5.41) is 11.1. The summed E-state index contributed by atoms with van der Waals surface area (Å²) in [5.74, 6) is 0.359. The Balaban J connectivity index is 1.67. The highest BCUT2D eigenvalue weighted by Gasteiger charge is 2.20. The number of carbonyl (C=O) groups excluding carboxylic acids is 1. The van der Waals surface area contributed by atoms with Crippen LogP contribution in [0, 0.1) is 20.8 Å². The van der Waals surface area contributed by atoms with E-state index in [1.165, 1.54) is 17.3 Å². The van der Waals surface area contributed by atoms with Gasteiger partial charge in [-0.1, -0.05) is 47.7 Å². The fourth-order valence-electron chi connectivity index (χ4n) is 2.51. The first-order valence-electron chi connectivity index (χ1n) is 8.38. The Morgan fingerprint density at radius 3 is 2.35 bits per heavy atom. The predicted octanol–water partition coefficient (Wildman–Crippen LogP) is 4.78. The van der Waals surface area contributed by atoms with Crippen molar-refractivity contribution in [2.24, 2.45) is 0 Å². The van der Waals surface area contributed by atoms with Crippen LogP contribution in [-0.2, 0) is 4.79 Å². The highest BCUT2D eigenvalue weighted by atomic mass is 32.2. The number of anilines is 1. The average Bonchev–Trinajstić information content (AvgIpc) is 3.07. The van der Waals surface area contributed by atoms with Crippen LogP contribution < -0.4 is 5.32 Å². The second-order valence-corrected chi connectivity index (χ2v) is 7.55. The lowest BCUT2D eigenvalue weighted by Crippen LogP contribution is -2.23. The highest BCUT2D eigenvalue weighted by molar-refractivity contribution is 8.00.